The van der Waals surface area contributed by atoms with Crippen molar-refractivity contribution in [2.45, 2.75) is 76.3 Å². The number of rotatable bonds is 2. The summed E-state index contributed by atoms with van der Waals surface area (Å²) >= 11 is 0. The maximum Gasteiger partial charge on any atom is 0.113 e. The molecule has 0 spiro atoms. The van der Waals surface area contributed by atoms with Crippen molar-refractivity contribution in [2.24, 2.45) is 0 Å². The van der Waals surface area contributed by atoms with Crippen molar-refractivity contribution in [3.63, 3.8) is 0 Å². The van der Waals surface area contributed by atoms with E-state index in [0.717, 1.165) is 17.5 Å². The van der Waals surface area contributed by atoms with Crippen LogP contribution in [0.3, 0.4) is 0 Å². The average Bonchev–Trinajstić information content (AvgIpc) is 2.51. The number of hydrogen-bond donors (Lipinski definition) is 1. The van der Waals surface area contributed by atoms with Crippen LogP contribution < -0.4 is 10.8 Å². The lowest BCUT2D eigenvalue weighted by atomic mass is 9.91. The van der Waals surface area contributed by atoms with Crippen LogP contribution in [0.5, 0.6) is 0 Å². The molecule has 2 heteroatoms. The molecule has 3 rings (SSSR count). The first-order chi connectivity index (χ1) is 9.84. The lowest BCUT2D eigenvalue weighted by molar-refractivity contribution is 0.291. The van der Waals surface area contributed by atoms with Crippen LogP contribution in [0.1, 0.15) is 64.2 Å². The third-order valence-corrected chi connectivity index (χ3v) is 4.48. The molecule has 0 bridgehead atoms. The van der Waals surface area contributed by atoms with Crippen LogP contribution >= 0.6 is 0 Å². The van der Waals surface area contributed by atoms with Crippen LogP contribution in [0.4, 0.5) is 0 Å². The minimum absolute atomic E-state index is 0.822. The zero-order valence-corrected chi connectivity index (χ0v) is 12.7. The van der Waals surface area contributed by atoms with Crippen molar-refractivity contribution < 1.29 is 0 Å². The zero-order chi connectivity index (χ0) is 14.0. The van der Waals surface area contributed by atoms with Gasteiger partial charge >= 0.3 is 0 Å². The molecule has 0 unspecified atom stereocenters. The van der Waals surface area contributed by atoms with Crippen molar-refractivity contribution in [1.82, 2.24) is 5.32 Å². The number of nitrogens with one attached hydrogen (secondary N) is 1. The van der Waals surface area contributed by atoms with Crippen molar-refractivity contribution >= 4 is 13.3 Å². The highest BCUT2D eigenvalue weighted by atomic mass is 14.9. The number of benzene rings is 1. The zero-order valence-electron chi connectivity index (χ0n) is 12.7. The summed E-state index contributed by atoms with van der Waals surface area (Å²) in [5, 5.41) is 3.86. The van der Waals surface area contributed by atoms with Gasteiger partial charge in [0.1, 0.15) is 7.85 Å². The van der Waals surface area contributed by atoms with E-state index < -0.39 is 0 Å². The summed E-state index contributed by atoms with van der Waals surface area (Å²) in [6.07, 6.45) is 14.6. The van der Waals surface area contributed by atoms with E-state index in [1.165, 1.54) is 64.2 Å². The molecule has 2 fully saturated rings. The first-order valence-corrected chi connectivity index (χ1v) is 8.41. The second-order valence-corrected chi connectivity index (χ2v) is 6.25. The Hall–Kier alpha value is -0.755. The van der Waals surface area contributed by atoms with E-state index in [1.807, 2.05) is 30.3 Å². The van der Waals surface area contributed by atoms with Gasteiger partial charge in [0.2, 0.25) is 0 Å². The Morgan fingerprint density at radius 2 is 1.15 bits per heavy atom. The Morgan fingerprint density at radius 3 is 1.50 bits per heavy atom. The second kappa shape index (κ2) is 9.23. The Morgan fingerprint density at radius 1 is 0.700 bits per heavy atom. The minimum atomic E-state index is 0.822. The monoisotopic (exact) mass is 269 g/mol. The van der Waals surface area contributed by atoms with Crippen LogP contribution in [-0.2, 0) is 0 Å². The normalized spacial score (nSPS) is 21.0. The number of hydrogen-bond acceptors (Lipinski definition) is 1. The molecule has 2 saturated carbocycles. The molecule has 0 heterocycles. The van der Waals surface area contributed by atoms with E-state index in [9.17, 15) is 0 Å². The summed E-state index contributed by atoms with van der Waals surface area (Å²) in [6.45, 7) is 0. The third-order valence-electron chi connectivity index (χ3n) is 4.48. The molecule has 2 radical (unpaired) electrons. The quantitative estimate of drug-likeness (QED) is 0.807. The lowest BCUT2D eigenvalue weighted by Gasteiger charge is -2.30. The van der Waals surface area contributed by atoms with Crippen molar-refractivity contribution in [3.8, 4) is 0 Å². The molecule has 108 valence electrons. The van der Waals surface area contributed by atoms with Gasteiger partial charge in [0.25, 0.3) is 0 Å². The fourth-order valence-electron chi connectivity index (χ4n) is 3.32. The molecule has 1 nitrogen and oxygen atoms in total. The average molecular weight is 269 g/mol. The third kappa shape index (κ3) is 6.13. The molecule has 1 aromatic carbocycles. The second-order valence-electron chi connectivity index (χ2n) is 6.25. The SMILES string of the molecule is C1CCC(NC2CCCCC2)CC1.[B]c1ccccc1. The molecular formula is C18H28BN. The highest BCUT2D eigenvalue weighted by molar-refractivity contribution is 6.32. The van der Waals surface area contributed by atoms with Crippen LogP contribution in [0.15, 0.2) is 30.3 Å². The molecule has 0 atom stereocenters. The Labute approximate surface area is 126 Å². The smallest absolute Gasteiger partial charge is 0.113 e. The molecule has 2 aliphatic carbocycles. The Bertz CT molecular complexity index is 324. The molecule has 1 aromatic rings. The predicted molar refractivity (Wildman–Crippen MR) is 88.7 cm³/mol. The fraction of sp³-hybridized carbons (Fsp3) is 0.667. The van der Waals surface area contributed by atoms with Crippen molar-refractivity contribution in [1.29, 1.82) is 0 Å². The summed E-state index contributed by atoms with van der Waals surface area (Å²) < 4.78 is 0. The summed E-state index contributed by atoms with van der Waals surface area (Å²) in [4.78, 5) is 0. The van der Waals surface area contributed by atoms with E-state index in [4.69, 9.17) is 7.85 Å². The van der Waals surface area contributed by atoms with Crippen LogP contribution in [-0.4, -0.2) is 19.9 Å². The fourth-order valence-corrected chi connectivity index (χ4v) is 3.32. The summed E-state index contributed by atoms with van der Waals surface area (Å²) in [5.41, 5.74) is 0.822. The largest absolute Gasteiger partial charge is 0.311 e. The van der Waals surface area contributed by atoms with Gasteiger partial charge in [-0.1, -0.05) is 74.3 Å². The standard InChI is InChI=1S/C12H23N.C6H5B/c1-3-7-11(8-4-1)13-12-9-5-2-6-10-12;7-6-4-2-1-3-5-6/h11-13H,1-10H2;1-5H. The van der Waals surface area contributed by atoms with E-state index in [-0.39, 0.29) is 0 Å². The van der Waals surface area contributed by atoms with Crippen LogP contribution in [0, 0.1) is 0 Å². The Balaban J connectivity index is 0.000000178. The summed E-state index contributed by atoms with van der Waals surface area (Å²) in [6, 6.07) is 11.2. The molecule has 0 aromatic heterocycles. The summed E-state index contributed by atoms with van der Waals surface area (Å²) in [7, 11) is 5.36. The predicted octanol–water partition coefficient (Wildman–Crippen LogP) is 3.72. The van der Waals surface area contributed by atoms with Gasteiger partial charge in [-0.05, 0) is 25.7 Å². The minimum Gasteiger partial charge on any atom is -0.311 e. The highest BCUT2D eigenvalue weighted by Crippen LogP contribution is 2.22. The summed E-state index contributed by atoms with van der Waals surface area (Å²) in [5.74, 6) is 0. The molecule has 0 amide bonds. The van der Waals surface area contributed by atoms with Crippen LogP contribution in [0.25, 0.3) is 0 Å². The van der Waals surface area contributed by atoms with Crippen LogP contribution in [0.2, 0.25) is 0 Å². The lowest BCUT2D eigenvalue weighted by Crippen LogP contribution is -2.40. The van der Waals surface area contributed by atoms with E-state index in [0.29, 0.717) is 0 Å². The molecule has 0 saturated heterocycles. The van der Waals surface area contributed by atoms with Gasteiger partial charge in [-0.25, -0.2) is 0 Å². The van der Waals surface area contributed by atoms with E-state index in [1.54, 1.807) is 0 Å². The van der Waals surface area contributed by atoms with Crippen molar-refractivity contribution in [3.05, 3.63) is 30.3 Å². The topological polar surface area (TPSA) is 12.0 Å². The van der Waals surface area contributed by atoms with Gasteiger partial charge in [0.15, 0.2) is 0 Å². The maximum atomic E-state index is 5.36. The molecule has 2 aliphatic rings. The van der Waals surface area contributed by atoms with Gasteiger partial charge in [-0.15, -0.1) is 0 Å². The van der Waals surface area contributed by atoms with E-state index >= 15 is 0 Å². The first kappa shape index (κ1) is 15.6. The van der Waals surface area contributed by atoms with Gasteiger partial charge in [0.05, 0.1) is 0 Å². The van der Waals surface area contributed by atoms with Gasteiger partial charge < -0.3 is 5.32 Å². The van der Waals surface area contributed by atoms with Gasteiger partial charge in [-0.3, -0.25) is 0 Å². The van der Waals surface area contributed by atoms with Gasteiger partial charge in [-0.2, -0.15) is 0 Å². The first-order valence-electron chi connectivity index (χ1n) is 8.41. The molecule has 0 aliphatic heterocycles. The molecular weight excluding hydrogens is 241 g/mol. The van der Waals surface area contributed by atoms with E-state index in [2.05, 4.69) is 5.32 Å². The molecule has 20 heavy (non-hydrogen) atoms. The molecule has 1 N–H and O–H groups in total. The van der Waals surface area contributed by atoms with Crippen molar-refractivity contribution in [2.75, 3.05) is 0 Å². The highest BCUT2D eigenvalue weighted by Gasteiger charge is 2.19. The van der Waals surface area contributed by atoms with Gasteiger partial charge in [0, 0.05) is 12.1 Å². The Kier molecular flexibility index (Phi) is 7.21. The maximum absolute atomic E-state index is 5.36.